The summed E-state index contributed by atoms with van der Waals surface area (Å²) in [6, 6.07) is -0.525. The molecule has 5 N–H and O–H groups in total. The van der Waals surface area contributed by atoms with Crippen LogP contribution < -0.4 is 25.2 Å². The van der Waals surface area contributed by atoms with Crippen LogP contribution in [0.4, 0.5) is 10.7 Å². The molecule has 2 aromatic heterocycles. The predicted octanol–water partition coefficient (Wildman–Crippen LogP) is -0.0313. The summed E-state index contributed by atoms with van der Waals surface area (Å²) in [5, 5.41) is 13.6. The molecule has 2 aromatic rings. The Morgan fingerprint density at radius 1 is 1.17 bits per heavy atom. The summed E-state index contributed by atoms with van der Waals surface area (Å²) in [5.74, 6) is -1.90. The van der Waals surface area contributed by atoms with Crippen LogP contribution >= 0.6 is 0 Å². The average Bonchev–Trinajstić information content (AvgIpc) is 3.20. The number of carboxylic acid groups (broad SMARTS) is 1. The highest BCUT2D eigenvalue weighted by atomic mass is 32.2. The first-order valence-corrected chi connectivity index (χ1v) is 11.7. The maximum Gasteiger partial charge on any atom is 0.342 e. The number of aliphatic carboxylic acids is 1. The zero-order chi connectivity index (χ0) is 27.6. The summed E-state index contributed by atoms with van der Waals surface area (Å²) in [6.45, 7) is 5.16. The topological polar surface area (TPSA) is 227 Å². The highest BCUT2D eigenvalue weighted by Gasteiger charge is 2.30. The number of aromatic nitrogens is 4. The highest BCUT2D eigenvalue weighted by molar-refractivity contribution is 7.90. The number of carboxylic acids is 1. The number of nitrogens with one attached hydrogen (secondary N) is 2. The Bertz CT molecular complexity index is 1160. The Morgan fingerprint density at radius 2 is 1.72 bits per heavy atom. The fraction of sp³-hybridized carbons (Fsp3) is 0.474. The van der Waals surface area contributed by atoms with Crippen LogP contribution in [-0.4, -0.2) is 78.1 Å². The molecular weight excluding hydrogens is 502 g/mol. The smallest absolute Gasteiger partial charge is 0.342 e. The number of ether oxygens (including phenoxy) is 3. The largest absolute Gasteiger partial charge is 0.481 e. The quantitative estimate of drug-likeness (QED) is 0.312. The number of sulfonamides is 1. The van der Waals surface area contributed by atoms with E-state index in [0.29, 0.717) is 0 Å². The predicted molar refractivity (Wildman–Crippen MR) is 124 cm³/mol. The molecule has 0 saturated heterocycles. The minimum Gasteiger partial charge on any atom is -0.481 e. The van der Waals surface area contributed by atoms with Crippen LogP contribution in [0.5, 0.6) is 11.8 Å². The van der Waals surface area contributed by atoms with Crippen LogP contribution in [0.2, 0.25) is 0 Å². The molecule has 2 amide bonds. The van der Waals surface area contributed by atoms with Crippen LogP contribution in [0, 0.1) is 5.92 Å². The number of urea groups is 1. The van der Waals surface area contributed by atoms with E-state index in [1.54, 1.807) is 25.5 Å². The molecule has 0 bridgehead atoms. The zero-order valence-corrected chi connectivity index (χ0v) is 21.3. The number of carbonyl (C=O) groups excluding carboxylic acids is 2. The first kappa shape index (κ1) is 30.0. The van der Waals surface area contributed by atoms with Gasteiger partial charge in [0, 0.05) is 7.05 Å². The monoisotopic (exact) mass is 531 g/mol. The lowest BCUT2D eigenvalue weighted by atomic mass is 10.1. The number of methoxy groups -OCH3 is 2. The van der Waals surface area contributed by atoms with E-state index in [9.17, 15) is 22.8 Å². The van der Waals surface area contributed by atoms with Gasteiger partial charge in [0.25, 0.3) is 10.0 Å². The van der Waals surface area contributed by atoms with Crippen molar-refractivity contribution in [2.75, 3.05) is 26.1 Å². The number of anilines is 1. The summed E-state index contributed by atoms with van der Waals surface area (Å²) in [5.41, 5.74) is 4.84. The van der Waals surface area contributed by atoms with Gasteiger partial charge in [-0.05, 0) is 12.8 Å². The minimum atomic E-state index is -4.47. The Kier molecular flexibility index (Phi) is 11.0. The Morgan fingerprint density at radius 3 is 2.14 bits per heavy atom. The number of carbonyl (C=O) groups is 3. The van der Waals surface area contributed by atoms with E-state index in [1.165, 1.54) is 27.3 Å². The molecule has 0 aliphatic carbocycles. The second-order valence-electron chi connectivity index (χ2n) is 7.15. The van der Waals surface area contributed by atoms with Crippen molar-refractivity contribution in [3.05, 3.63) is 17.8 Å². The standard InChI is InChI=1S/C14H18N6O7S.C5H11NO2/c1-5-27-12(21)8-7-15-20(2)11(8)28(23,24)19-14(22)18-13-16-9(25-3)6-10(17-13)26-4;1-3(2)4(6)5(7)8/h6-7H,5H2,1-4H3,(H2,16,17,18,19,22);3-4H,6H2,1-2H3,(H,7,8)/t;4-/m.0/s1. The van der Waals surface area contributed by atoms with E-state index >= 15 is 0 Å². The van der Waals surface area contributed by atoms with Crippen molar-refractivity contribution in [3.8, 4) is 11.8 Å². The van der Waals surface area contributed by atoms with E-state index in [-0.39, 0.29) is 35.8 Å². The van der Waals surface area contributed by atoms with Crippen LogP contribution in [0.1, 0.15) is 31.1 Å². The summed E-state index contributed by atoms with van der Waals surface area (Å²) >= 11 is 0. The molecule has 0 aliphatic heterocycles. The molecule has 0 unspecified atom stereocenters. The molecule has 17 heteroatoms. The van der Waals surface area contributed by atoms with Gasteiger partial charge in [-0.3, -0.25) is 14.8 Å². The molecule has 36 heavy (non-hydrogen) atoms. The number of rotatable bonds is 9. The number of nitrogens with two attached hydrogens (primary N) is 1. The van der Waals surface area contributed by atoms with Gasteiger partial charge in [-0.1, -0.05) is 13.8 Å². The molecule has 16 nitrogen and oxygen atoms in total. The normalized spacial score (nSPS) is 11.6. The molecule has 0 aromatic carbocycles. The van der Waals surface area contributed by atoms with Crippen molar-refractivity contribution >= 4 is 33.9 Å². The molecule has 1 atom stereocenters. The summed E-state index contributed by atoms with van der Waals surface area (Å²) in [7, 11) is -0.491. The number of nitrogens with zero attached hydrogens (tertiary/aromatic N) is 4. The lowest BCUT2D eigenvalue weighted by Crippen LogP contribution is -2.36. The molecule has 0 aliphatic rings. The lowest BCUT2D eigenvalue weighted by molar-refractivity contribution is -0.139. The van der Waals surface area contributed by atoms with Gasteiger partial charge < -0.3 is 25.1 Å². The summed E-state index contributed by atoms with van der Waals surface area (Å²) in [4.78, 5) is 41.8. The van der Waals surface area contributed by atoms with Crippen molar-refractivity contribution in [1.82, 2.24) is 24.5 Å². The fourth-order valence-corrected chi connectivity index (χ4v) is 3.56. The first-order valence-electron chi connectivity index (χ1n) is 10.3. The van der Waals surface area contributed by atoms with Gasteiger partial charge >= 0.3 is 18.0 Å². The van der Waals surface area contributed by atoms with Gasteiger partial charge in [-0.25, -0.2) is 14.3 Å². The van der Waals surface area contributed by atoms with Gasteiger partial charge in [0.15, 0.2) is 5.03 Å². The average molecular weight is 532 g/mol. The molecule has 0 fully saturated rings. The van der Waals surface area contributed by atoms with Crippen molar-refractivity contribution in [3.63, 3.8) is 0 Å². The van der Waals surface area contributed by atoms with Crippen molar-refractivity contribution in [1.29, 1.82) is 0 Å². The van der Waals surface area contributed by atoms with E-state index in [1.807, 2.05) is 0 Å². The number of hydrogen-bond donors (Lipinski definition) is 4. The molecule has 0 radical (unpaired) electrons. The third-order valence-electron chi connectivity index (χ3n) is 4.19. The highest BCUT2D eigenvalue weighted by Crippen LogP contribution is 2.18. The Labute approximate surface area is 207 Å². The van der Waals surface area contributed by atoms with Gasteiger partial charge in [0.2, 0.25) is 17.7 Å². The van der Waals surface area contributed by atoms with Crippen molar-refractivity contribution < 1.29 is 42.1 Å². The molecule has 0 spiro atoms. The summed E-state index contributed by atoms with van der Waals surface area (Å²) < 4.78 is 42.5. The van der Waals surface area contributed by atoms with E-state index in [2.05, 4.69) is 20.4 Å². The number of esters is 1. The number of aryl methyl sites for hydroxylation is 1. The van der Waals surface area contributed by atoms with E-state index in [4.69, 9.17) is 25.1 Å². The second kappa shape index (κ2) is 13.2. The molecule has 200 valence electrons. The van der Waals surface area contributed by atoms with E-state index in [0.717, 1.165) is 10.9 Å². The van der Waals surface area contributed by atoms with Gasteiger partial charge in [0.05, 0.1) is 33.1 Å². The third kappa shape index (κ3) is 8.35. The SMILES string of the molecule is CC(C)[C@H](N)C(=O)O.CCOC(=O)c1cnn(C)c1S(=O)(=O)NC(=O)Nc1nc(OC)cc(OC)n1. The van der Waals surface area contributed by atoms with Crippen LogP contribution in [0.3, 0.4) is 0 Å². The van der Waals surface area contributed by atoms with Crippen molar-refractivity contribution in [2.24, 2.45) is 18.7 Å². The Hall–Kier alpha value is -3.99. The Balaban J connectivity index is 0.000000697. The third-order valence-corrected chi connectivity index (χ3v) is 5.63. The fourth-order valence-electron chi connectivity index (χ4n) is 2.35. The van der Waals surface area contributed by atoms with Crippen LogP contribution in [0.15, 0.2) is 17.3 Å². The number of amides is 2. The van der Waals surface area contributed by atoms with Crippen LogP contribution in [0.25, 0.3) is 0 Å². The van der Waals surface area contributed by atoms with Gasteiger partial charge in [0.1, 0.15) is 11.6 Å². The van der Waals surface area contributed by atoms with Crippen molar-refractivity contribution in [2.45, 2.75) is 31.8 Å². The molecular formula is C19H29N7O9S. The minimum absolute atomic E-state index is 0.0208. The second-order valence-corrected chi connectivity index (χ2v) is 8.75. The number of hydrogen-bond acceptors (Lipinski definition) is 12. The molecule has 0 saturated carbocycles. The zero-order valence-electron chi connectivity index (χ0n) is 20.5. The molecule has 2 rings (SSSR count). The van der Waals surface area contributed by atoms with Gasteiger partial charge in [-0.2, -0.15) is 23.5 Å². The van der Waals surface area contributed by atoms with Gasteiger partial charge in [-0.15, -0.1) is 0 Å². The lowest BCUT2D eigenvalue weighted by Gasteiger charge is -2.10. The molecule has 2 heterocycles. The maximum atomic E-state index is 12.6. The van der Waals surface area contributed by atoms with E-state index < -0.39 is 39.1 Å². The maximum absolute atomic E-state index is 12.6. The summed E-state index contributed by atoms with van der Waals surface area (Å²) in [6.07, 6.45) is 1.03. The van der Waals surface area contributed by atoms with Crippen LogP contribution in [-0.2, 0) is 26.6 Å². The first-order chi connectivity index (χ1) is 16.8.